The van der Waals surface area contributed by atoms with E-state index in [0.29, 0.717) is 6.04 Å². The minimum atomic E-state index is 0.716. The Labute approximate surface area is 126 Å². The fourth-order valence-corrected chi connectivity index (χ4v) is 3.82. The SMILES string of the molecule is CCN1CCC(CN2CCCNC(CC(C)C)C2)CC1. The minimum absolute atomic E-state index is 0.716. The molecule has 20 heavy (non-hydrogen) atoms. The Morgan fingerprint density at radius 3 is 2.50 bits per heavy atom. The van der Waals surface area contributed by atoms with Crippen LogP contribution in [0.25, 0.3) is 0 Å². The predicted octanol–water partition coefficient (Wildman–Crippen LogP) is 2.43. The Kier molecular flexibility index (Phi) is 6.79. The Bertz CT molecular complexity index is 259. The van der Waals surface area contributed by atoms with Crippen LogP contribution in [0.1, 0.15) is 46.5 Å². The number of hydrogen-bond acceptors (Lipinski definition) is 3. The average molecular weight is 281 g/mol. The summed E-state index contributed by atoms with van der Waals surface area (Å²) in [5.74, 6) is 1.75. The number of rotatable bonds is 5. The molecule has 3 heteroatoms. The smallest absolute Gasteiger partial charge is 0.0197 e. The summed E-state index contributed by atoms with van der Waals surface area (Å²) >= 11 is 0. The number of hydrogen-bond donors (Lipinski definition) is 1. The third-order valence-electron chi connectivity index (χ3n) is 4.99. The molecule has 0 aromatic heterocycles. The first-order chi connectivity index (χ1) is 9.67. The van der Waals surface area contributed by atoms with E-state index < -0.39 is 0 Å². The predicted molar refractivity (Wildman–Crippen MR) is 87.1 cm³/mol. The molecule has 0 spiro atoms. The van der Waals surface area contributed by atoms with E-state index in [4.69, 9.17) is 0 Å². The topological polar surface area (TPSA) is 18.5 Å². The fourth-order valence-electron chi connectivity index (χ4n) is 3.82. The number of nitrogens with one attached hydrogen (secondary N) is 1. The largest absolute Gasteiger partial charge is 0.313 e. The van der Waals surface area contributed by atoms with Crippen LogP contribution in [0.3, 0.4) is 0 Å². The lowest BCUT2D eigenvalue weighted by Crippen LogP contribution is -2.42. The van der Waals surface area contributed by atoms with Crippen LogP contribution in [0.4, 0.5) is 0 Å². The molecule has 0 aromatic carbocycles. The van der Waals surface area contributed by atoms with Gasteiger partial charge in [0.15, 0.2) is 0 Å². The summed E-state index contributed by atoms with van der Waals surface area (Å²) in [7, 11) is 0. The van der Waals surface area contributed by atoms with Crippen molar-refractivity contribution < 1.29 is 0 Å². The van der Waals surface area contributed by atoms with Gasteiger partial charge in [-0.15, -0.1) is 0 Å². The van der Waals surface area contributed by atoms with Gasteiger partial charge in [-0.05, 0) is 70.2 Å². The molecule has 2 aliphatic rings. The van der Waals surface area contributed by atoms with E-state index in [0.717, 1.165) is 11.8 Å². The number of piperidine rings is 1. The summed E-state index contributed by atoms with van der Waals surface area (Å²) in [5, 5.41) is 3.75. The highest BCUT2D eigenvalue weighted by molar-refractivity contribution is 4.81. The molecule has 1 atom stereocenters. The van der Waals surface area contributed by atoms with Crippen molar-refractivity contribution in [2.24, 2.45) is 11.8 Å². The van der Waals surface area contributed by atoms with Gasteiger partial charge in [-0.1, -0.05) is 20.8 Å². The zero-order valence-corrected chi connectivity index (χ0v) is 13.9. The Morgan fingerprint density at radius 2 is 1.85 bits per heavy atom. The summed E-state index contributed by atoms with van der Waals surface area (Å²) in [6.07, 6.45) is 5.46. The highest BCUT2D eigenvalue weighted by Gasteiger charge is 2.23. The quantitative estimate of drug-likeness (QED) is 0.835. The van der Waals surface area contributed by atoms with Crippen LogP contribution in [0.2, 0.25) is 0 Å². The standard InChI is InChI=1S/C17H35N3/c1-4-19-10-6-16(7-11-19)13-20-9-5-8-18-17(14-20)12-15(2)3/h15-18H,4-14H2,1-3H3. The van der Waals surface area contributed by atoms with E-state index in [1.807, 2.05) is 0 Å². The normalized spacial score (nSPS) is 27.9. The molecule has 0 saturated carbocycles. The van der Waals surface area contributed by atoms with Crippen LogP contribution < -0.4 is 5.32 Å². The Balaban J connectivity index is 1.76. The number of likely N-dealkylation sites (tertiary alicyclic amines) is 1. The molecule has 1 N–H and O–H groups in total. The molecule has 3 nitrogen and oxygen atoms in total. The van der Waals surface area contributed by atoms with Crippen molar-refractivity contribution >= 4 is 0 Å². The van der Waals surface area contributed by atoms with Crippen molar-refractivity contribution in [2.45, 2.75) is 52.5 Å². The molecule has 0 aromatic rings. The zero-order chi connectivity index (χ0) is 14.4. The minimum Gasteiger partial charge on any atom is -0.313 e. The monoisotopic (exact) mass is 281 g/mol. The molecule has 1 unspecified atom stereocenters. The van der Waals surface area contributed by atoms with E-state index in [9.17, 15) is 0 Å². The van der Waals surface area contributed by atoms with Gasteiger partial charge in [0, 0.05) is 19.1 Å². The molecule has 2 saturated heterocycles. The summed E-state index contributed by atoms with van der Waals surface area (Å²) in [4.78, 5) is 5.35. The first kappa shape index (κ1) is 16.3. The van der Waals surface area contributed by atoms with Gasteiger partial charge in [0.05, 0.1) is 0 Å². The van der Waals surface area contributed by atoms with E-state index in [1.165, 1.54) is 71.5 Å². The van der Waals surface area contributed by atoms with Gasteiger partial charge in [0.1, 0.15) is 0 Å². The maximum Gasteiger partial charge on any atom is 0.0197 e. The molecule has 2 fully saturated rings. The maximum absolute atomic E-state index is 3.75. The lowest BCUT2D eigenvalue weighted by molar-refractivity contribution is 0.144. The van der Waals surface area contributed by atoms with Crippen LogP contribution in [-0.4, -0.2) is 61.7 Å². The van der Waals surface area contributed by atoms with Gasteiger partial charge in [-0.3, -0.25) is 0 Å². The second kappa shape index (κ2) is 8.35. The van der Waals surface area contributed by atoms with Gasteiger partial charge in [-0.2, -0.15) is 0 Å². The molecule has 0 amide bonds. The first-order valence-electron chi connectivity index (χ1n) is 8.85. The summed E-state index contributed by atoms with van der Waals surface area (Å²) in [5.41, 5.74) is 0. The molecular weight excluding hydrogens is 246 g/mol. The zero-order valence-electron chi connectivity index (χ0n) is 13.9. The fraction of sp³-hybridized carbons (Fsp3) is 1.00. The van der Waals surface area contributed by atoms with Crippen LogP contribution in [0.5, 0.6) is 0 Å². The summed E-state index contributed by atoms with van der Waals surface area (Å²) < 4.78 is 0. The van der Waals surface area contributed by atoms with E-state index >= 15 is 0 Å². The van der Waals surface area contributed by atoms with Crippen molar-refractivity contribution in [1.29, 1.82) is 0 Å². The average Bonchev–Trinajstić information content (AvgIpc) is 2.64. The van der Waals surface area contributed by atoms with E-state index in [2.05, 4.69) is 35.9 Å². The van der Waals surface area contributed by atoms with Gasteiger partial charge >= 0.3 is 0 Å². The van der Waals surface area contributed by atoms with Crippen molar-refractivity contribution in [3.63, 3.8) is 0 Å². The van der Waals surface area contributed by atoms with Gasteiger partial charge in [0.25, 0.3) is 0 Å². The van der Waals surface area contributed by atoms with Crippen molar-refractivity contribution in [2.75, 3.05) is 45.8 Å². The van der Waals surface area contributed by atoms with Gasteiger partial charge in [0.2, 0.25) is 0 Å². The molecule has 2 rings (SSSR count). The summed E-state index contributed by atoms with van der Waals surface area (Å²) in [6, 6.07) is 0.716. The molecule has 2 heterocycles. The molecule has 2 aliphatic heterocycles. The Hall–Kier alpha value is -0.120. The maximum atomic E-state index is 3.75. The van der Waals surface area contributed by atoms with Crippen LogP contribution in [0, 0.1) is 11.8 Å². The lowest BCUT2D eigenvalue weighted by Gasteiger charge is -2.35. The van der Waals surface area contributed by atoms with E-state index in [1.54, 1.807) is 0 Å². The second-order valence-corrected chi connectivity index (χ2v) is 7.27. The Morgan fingerprint density at radius 1 is 1.10 bits per heavy atom. The number of nitrogens with zero attached hydrogens (tertiary/aromatic N) is 2. The van der Waals surface area contributed by atoms with Crippen molar-refractivity contribution in [1.82, 2.24) is 15.1 Å². The third-order valence-corrected chi connectivity index (χ3v) is 4.99. The van der Waals surface area contributed by atoms with Crippen LogP contribution in [0.15, 0.2) is 0 Å². The summed E-state index contributed by atoms with van der Waals surface area (Å²) in [6.45, 7) is 16.0. The van der Waals surface area contributed by atoms with Crippen LogP contribution in [-0.2, 0) is 0 Å². The lowest BCUT2D eigenvalue weighted by atomic mass is 9.95. The molecule has 118 valence electrons. The molecule has 0 bridgehead atoms. The van der Waals surface area contributed by atoms with Gasteiger partial charge < -0.3 is 15.1 Å². The molecule has 0 radical (unpaired) electrons. The highest BCUT2D eigenvalue weighted by atomic mass is 15.2. The third kappa shape index (κ3) is 5.34. The second-order valence-electron chi connectivity index (χ2n) is 7.27. The van der Waals surface area contributed by atoms with Crippen LogP contribution >= 0.6 is 0 Å². The van der Waals surface area contributed by atoms with E-state index in [-0.39, 0.29) is 0 Å². The molecular formula is C17H35N3. The van der Waals surface area contributed by atoms with Crippen molar-refractivity contribution in [3.8, 4) is 0 Å². The highest BCUT2D eigenvalue weighted by Crippen LogP contribution is 2.19. The van der Waals surface area contributed by atoms with Crippen molar-refractivity contribution in [3.05, 3.63) is 0 Å². The van der Waals surface area contributed by atoms with Gasteiger partial charge in [-0.25, -0.2) is 0 Å². The molecule has 0 aliphatic carbocycles. The first-order valence-corrected chi connectivity index (χ1v) is 8.85.